The van der Waals surface area contributed by atoms with Gasteiger partial charge < -0.3 is 4.74 Å². The van der Waals surface area contributed by atoms with E-state index in [9.17, 15) is 9.59 Å². The van der Waals surface area contributed by atoms with E-state index in [1.807, 2.05) is 11.4 Å². The Morgan fingerprint density at radius 2 is 2.32 bits per heavy atom. The lowest BCUT2D eigenvalue weighted by Gasteiger charge is -2.05. The minimum absolute atomic E-state index is 0.136. The maximum atomic E-state index is 12.2. The van der Waals surface area contributed by atoms with Gasteiger partial charge in [0.15, 0.2) is 11.3 Å². The molecule has 0 fully saturated rings. The molecule has 3 aromatic heterocycles. The van der Waals surface area contributed by atoms with E-state index in [-0.39, 0.29) is 17.9 Å². The monoisotopic (exact) mass is 277 g/mol. The molecular formula is C12H11N3O3S. The Labute approximate surface area is 111 Å². The Hall–Kier alpha value is -2.15. The summed E-state index contributed by atoms with van der Waals surface area (Å²) in [5.74, 6) is -0.519. The summed E-state index contributed by atoms with van der Waals surface area (Å²) in [5.41, 5.74) is 1.23. The van der Waals surface area contributed by atoms with Crippen molar-refractivity contribution in [1.29, 1.82) is 0 Å². The molecule has 0 aliphatic carbocycles. The molecule has 0 N–H and O–H groups in total. The summed E-state index contributed by atoms with van der Waals surface area (Å²) >= 11 is 1.37. The van der Waals surface area contributed by atoms with Gasteiger partial charge in [-0.3, -0.25) is 13.8 Å². The number of aromatic nitrogens is 3. The third kappa shape index (κ3) is 1.58. The molecule has 0 spiro atoms. The SMILES string of the molecule is CCOC(=O)c1ncn2c3ccsc3c(=O)n(C)c12. The van der Waals surface area contributed by atoms with Crippen molar-refractivity contribution in [3.8, 4) is 0 Å². The van der Waals surface area contributed by atoms with Crippen molar-refractivity contribution in [2.45, 2.75) is 6.92 Å². The van der Waals surface area contributed by atoms with Crippen LogP contribution >= 0.6 is 11.3 Å². The lowest BCUT2D eigenvalue weighted by atomic mass is 10.4. The second-order valence-corrected chi connectivity index (χ2v) is 4.92. The van der Waals surface area contributed by atoms with Gasteiger partial charge in [0.1, 0.15) is 11.0 Å². The summed E-state index contributed by atoms with van der Waals surface area (Å²) in [6, 6.07) is 1.84. The lowest BCUT2D eigenvalue weighted by Crippen LogP contribution is -2.20. The van der Waals surface area contributed by atoms with Gasteiger partial charge in [-0.2, -0.15) is 0 Å². The third-order valence-corrected chi connectivity index (χ3v) is 3.82. The highest BCUT2D eigenvalue weighted by Gasteiger charge is 2.20. The lowest BCUT2D eigenvalue weighted by molar-refractivity contribution is 0.0522. The molecule has 0 aromatic carbocycles. The molecule has 3 rings (SSSR count). The first-order chi connectivity index (χ1) is 9.15. The molecule has 0 bridgehead atoms. The molecule has 0 aliphatic rings. The van der Waals surface area contributed by atoms with Crippen LogP contribution in [0.25, 0.3) is 15.9 Å². The van der Waals surface area contributed by atoms with Gasteiger partial charge in [0.2, 0.25) is 0 Å². The Morgan fingerprint density at radius 3 is 3.05 bits per heavy atom. The predicted octanol–water partition coefficient (Wildman–Crippen LogP) is 1.42. The Kier molecular flexibility index (Phi) is 2.63. The minimum Gasteiger partial charge on any atom is -0.461 e. The highest BCUT2D eigenvalue weighted by Crippen LogP contribution is 2.20. The number of esters is 1. The number of rotatable bonds is 2. The molecule has 6 nitrogen and oxygen atoms in total. The summed E-state index contributed by atoms with van der Waals surface area (Å²) in [5, 5.41) is 1.84. The first-order valence-corrected chi connectivity index (χ1v) is 6.63. The van der Waals surface area contributed by atoms with Crippen LogP contribution in [0.3, 0.4) is 0 Å². The number of carbonyl (C=O) groups excluding carboxylic acids is 1. The van der Waals surface area contributed by atoms with Crippen LogP contribution in [0.5, 0.6) is 0 Å². The summed E-state index contributed by atoms with van der Waals surface area (Å²) in [4.78, 5) is 28.1. The Balaban J connectivity index is 2.43. The molecular weight excluding hydrogens is 266 g/mol. The number of aryl methyl sites for hydroxylation is 1. The van der Waals surface area contributed by atoms with Crippen LogP contribution in [0.15, 0.2) is 22.6 Å². The number of fused-ring (bicyclic) bond motifs is 3. The number of ether oxygens (including phenoxy) is 1. The van der Waals surface area contributed by atoms with Gasteiger partial charge in [0.05, 0.1) is 12.1 Å². The minimum atomic E-state index is -0.519. The van der Waals surface area contributed by atoms with E-state index in [1.165, 1.54) is 22.2 Å². The molecule has 3 heterocycles. The normalized spacial score (nSPS) is 11.3. The quantitative estimate of drug-likeness (QED) is 0.665. The van der Waals surface area contributed by atoms with Crippen LogP contribution in [-0.2, 0) is 11.8 Å². The van der Waals surface area contributed by atoms with Crippen molar-refractivity contribution >= 4 is 33.2 Å². The average molecular weight is 277 g/mol. The van der Waals surface area contributed by atoms with Crippen LogP contribution in [0.2, 0.25) is 0 Å². The van der Waals surface area contributed by atoms with E-state index >= 15 is 0 Å². The Bertz CT molecular complexity index is 843. The molecule has 0 saturated carbocycles. The van der Waals surface area contributed by atoms with Gasteiger partial charge >= 0.3 is 5.97 Å². The van der Waals surface area contributed by atoms with Gasteiger partial charge in [-0.15, -0.1) is 11.3 Å². The average Bonchev–Trinajstić information content (AvgIpc) is 3.02. The van der Waals surface area contributed by atoms with Gasteiger partial charge in [0.25, 0.3) is 5.56 Å². The summed E-state index contributed by atoms with van der Waals surface area (Å²) < 4.78 is 8.76. The first-order valence-electron chi connectivity index (χ1n) is 5.75. The fourth-order valence-corrected chi connectivity index (χ4v) is 2.94. The smallest absolute Gasteiger partial charge is 0.360 e. The van der Waals surface area contributed by atoms with Crippen molar-refractivity contribution in [3.63, 3.8) is 0 Å². The fourth-order valence-electron chi connectivity index (χ4n) is 2.08. The zero-order chi connectivity index (χ0) is 13.6. The number of thiophene rings is 1. The van der Waals surface area contributed by atoms with Crippen molar-refractivity contribution in [1.82, 2.24) is 14.0 Å². The fraction of sp³-hybridized carbons (Fsp3) is 0.250. The van der Waals surface area contributed by atoms with E-state index in [4.69, 9.17) is 4.74 Å². The van der Waals surface area contributed by atoms with Crippen molar-refractivity contribution in [3.05, 3.63) is 33.8 Å². The third-order valence-electron chi connectivity index (χ3n) is 2.93. The molecule has 0 amide bonds. The summed E-state index contributed by atoms with van der Waals surface area (Å²) in [6.45, 7) is 2.00. The summed E-state index contributed by atoms with van der Waals surface area (Å²) in [6.07, 6.45) is 1.54. The van der Waals surface area contributed by atoms with E-state index in [2.05, 4.69) is 4.98 Å². The van der Waals surface area contributed by atoms with Gasteiger partial charge in [0, 0.05) is 7.05 Å². The zero-order valence-electron chi connectivity index (χ0n) is 10.4. The topological polar surface area (TPSA) is 65.6 Å². The van der Waals surface area contributed by atoms with Gasteiger partial charge in [-0.05, 0) is 18.4 Å². The molecule has 0 atom stereocenters. The predicted molar refractivity (Wildman–Crippen MR) is 71.8 cm³/mol. The van der Waals surface area contributed by atoms with Crippen LogP contribution < -0.4 is 5.56 Å². The zero-order valence-corrected chi connectivity index (χ0v) is 11.2. The highest BCUT2D eigenvalue weighted by atomic mass is 32.1. The molecule has 0 saturated heterocycles. The first kappa shape index (κ1) is 11.9. The molecule has 0 unspecified atom stereocenters. The van der Waals surface area contributed by atoms with Crippen LogP contribution in [-0.4, -0.2) is 26.5 Å². The second-order valence-electron chi connectivity index (χ2n) is 4.01. The standard InChI is InChI=1S/C12H11N3O3S/c1-3-18-12(17)8-10-14(2)11(16)9-7(4-5-19-9)15(10)6-13-8/h4-6H,3H2,1-2H3. The molecule has 98 valence electrons. The highest BCUT2D eigenvalue weighted by molar-refractivity contribution is 7.17. The van der Waals surface area contributed by atoms with Gasteiger partial charge in [-0.25, -0.2) is 9.78 Å². The Morgan fingerprint density at radius 1 is 1.53 bits per heavy atom. The van der Waals surface area contributed by atoms with Crippen molar-refractivity contribution in [2.24, 2.45) is 7.05 Å². The molecule has 19 heavy (non-hydrogen) atoms. The van der Waals surface area contributed by atoms with E-state index < -0.39 is 5.97 Å². The molecule has 0 aliphatic heterocycles. The maximum absolute atomic E-state index is 12.2. The van der Waals surface area contributed by atoms with Gasteiger partial charge in [-0.1, -0.05) is 0 Å². The molecule has 7 heteroatoms. The van der Waals surface area contributed by atoms with Crippen LogP contribution in [0.4, 0.5) is 0 Å². The largest absolute Gasteiger partial charge is 0.461 e. The van der Waals surface area contributed by atoms with E-state index in [0.29, 0.717) is 10.3 Å². The van der Waals surface area contributed by atoms with Crippen molar-refractivity contribution < 1.29 is 9.53 Å². The van der Waals surface area contributed by atoms with Crippen LogP contribution in [0.1, 0.15) is 17.4 Å². The maximum Gasteiger partial charge on any atom is 0.360 e. The second kappa shape index (κ2) is 4.20. The van der Waals surface area contributed by atoms with Crippen molar-refractivity contribution in [2.75, 3.05) is 6.61 Å². The van der Waals surface area contributed by atoms with E-state index in [0.717, 1.165) is 5.52 Å². The molecule has 0 radical (unpaired) electrons. The number of nitrogens with zero attached hydrogens (tertiary/aromatic N) is 3. The number of carbonyl (C=O) groups is 1. The molecule has 3 aromatic rings. The number of hydrogen-bond donors (Lipinski definition) is 0. The summed E-state index contributed by atoms with van der Waals surface area (Å²) in [7, 11) is 1.63. The number of hydrogen-bond acceptors (Lipinski definition) is 5. The van der Waals surface area contributed by atoms with E-state index in [1.54, 1.807) is 18.4 Å². The number of imidazole rings is 1. The van der Waals surface area contributed by atoms with Crippen LogP contribution in [0, 0.1) is 0 Å².